The quantitative estimate of drug-likeness (QED) is 0.668. The van der Waals surface area contributed by atoms with Gasteiger partial charge in [0.15, 0.2) is 5.78 Å². The Hall–Kier alpha value is -1.90. The van der Waals surface area contributed by atoms with Crippen molar-refractivity contribution in [2.24, 2.45) is 7.05 Å². The molecule has 0 spiro atoms. The number of hydrogen-bond acceptors (Lipinski definition) is 2. The zero-order chi connectivity index (χ0) is 9.97. The molecule has 0 radical (unpaired) electrons. The lowest BCUT2D eigenvalue weighted by molar-refractivity contribution is 0.103. The van der Waals surface area contributed by atoms with Crippen LogP contribution in [0.1, 0.15) is 15.9 Å². The van der Waals surface area contributed by atoms with Crippen molar-refractivity contribution < 1.29 is 4.79 Å². The molecule has 70 valence electrons. The van der Waals surface area contributed by atoms with E-state index in [0.29, 0.717) is 11.1 Å². The smallest absolute Gasteiger partial charge is 0.194 e. The van der Waals surface area contributed by atoms with Crippen molar-refractivity contribution >= 4 is 5.78 Å². The summed E-state index contributed by atoms with van der Waals surface area (Å²) in [5.41, 5.74) is 1.38. The molecule has 0 atom stereocenters. The topological polar surface area (TPSA) is 34.9 Å². The van der Waals surface area contributed by atoms with Crippen LogP contribution in [0.15, 0.2) is 43.0 Å². The SMILES string of the molecule is Cn1ccc(C(=O)c2ccncc2)c1. The average Bonchev–Trinajstić information content (AvgIpc) is 2.65. The van der Waals surface area contributed by atoms with Gasteiger partial charge in [-0.3, -0.25) is 9.78 Å². The van der Waals surface area contributed by atoms with Crippen LogP contribution in [0.5, 0.6) is 0 Å². The normalized spacial score (nSPS) is 10.1. The van der Waals surface area contributed by atoms with Crippen LogP contribution in [0.3, 0.4) is 0 Å². The van der Waals surface area contributed by atoms with E-state index in [0.717, 1.165) is 0 Å². The van der Waals surface area contributed by atoms with Crippen molar-refractivity contribution in [2.45, 2.75) is 0 Å². The Kier molecular flexibility index (Phi) is 2.14. The van der Waals surface area contributed by atoms with Crippen molar-refractivity contribution in [3.63, 3.8) is 0 Å². The molecule has 0 unspecified atom stereocenters. The maximum absolute atomic E-state index is 11.8. The van der Waals surface area contributed by atoms with E-state index >= 15 is 0 Å². The molecule has 0 aromatic carbocycles. The Balaban J connectivity index is 2.34. The molecule has 0 saturated heterocycles. The monoisotopic (exact) mass is 186 g/mol. The zero-order valence-corrected chi connectivity index (χ0v) is 7.84. The van der Waals surface area contributed by atoms with Crippen molar-refractivity contribution in [3.8, 4) is 0 Å². The predicted molar refractivity (Wildman–Crippen MR) is 53.1 cm³/mol. The van der Waals surface area contributed by atoms with E-state index in [2.05, 4.69) is 4.98 Å². The Morgan fingerprint density at radius 3 is 2.50 bits per heavy atom. The van der Waals surface area contributed by atoms with Gasteiger partial charge in [0.05, 0.1) is 0 Å². The first kappa shape index (κ1) is 8.69. The van der Waals surface area contributed by atoms with Gasteiger partial charge in [-0.05, 0) is 18.2 Å². The highest BCUT2D eigenvalue weighted by Gasteiger charge is 2.08. The number of nitrogens with zero attached hydrogens (tertiary/aromatic N) is 2. The highest BCUT2D eigenvalue weighted by atomic mass is 16.1. The van der Waals surface area contributed by atoms with Crippen LogP contribution in [-0.4, -0.2) is 15.3 Å². The molecule has 2 aromatic rings. The lowest BCUT2D eigenvalue weighted by Crippen LogP contribution is -1.99. The summed E-state index contributed by atoms with van der Waals surface area (Å²) in [7, 11) is 1.89. The molecule has 0 aliphatic carbocycles. The number of ketones is 1. The predicted octanol–water partition coefficient (Wildman–Crippen LogP) is 1.65. The second-order valence-corrected chi connectivity index (χ2v) is 3.13. The second kappa shape index (κ2) is 3.46. The summed E-state index contributed by atoms with van der Waals surface area (Å²) in [4.78, 5) is 15.7. The summed E-state index contributed by atoms with van der Waals surface area (Å²) < 4.78 is 1.86. The highest BCUT2D eigenvalue weighted by molar-refractivity contribution is 6.08. The van der Waals surface area contributed by atoms with Gasteiger partial charge >= 0.3 is 0 Å². The molecule has 0 bridgehead atoms. The van der Waals surface area contributed by atoms with Crippen LogP contribution in [0.25, 0.3) is 0 Å². The van der Waals surface area contributed by atoms with Gasteiger partial charge in [-0.25, -0.2) is 0 Å². The molecule has 0 saturated carbocycles. The van der Waals surface area contributed by atoms with Crippen molar-refractivity contribution in [1.82, 2.24) is 9.55 Å². The number of aromatic nitrogens is 2. The van der Waals surface area contributed by atoms with Crippen LogP contribution in [0.4, 0.5) is 0 Å². The lowest BCUT2D eigenvalue weighted by atomic mass is 10.1. The summed E-state index contributed by atoms with van der Waals surface area (Å²) in [6.07, 6.45) is 6.91. The van der Waals surface area contributed by atoms with E-state index in [4.69, 9.17) is 0 Å². The summed E-state index contributed by atoms with van der Waals surface area (Å²) in [6.45, 7) is 0. The van der Waals surface area contributed by atoms with Crippen molar-refractivity contribution in [1.29, 1.82) is 0 Å². The number of rotatable bonds is 2. The largest absolute Gasteiger partial charge is 0.357 e. The maximum atomic E-state index is 11.8. The summed E-state index contributed by atoms with van der Waals surface area (Å²) >= 11 is 0. The van der Waals surface area contributed by atoms with Gasteiger partial charge < -0.3 is 4.57 Å². The van der Waals surface area contributed by atoms with Crippen LogP contribution in [-0.2, 0) is 7.05 Å². The van der Waals surface area contributed by atoms with Gasteiger partial charge in [0.1, 0.15) is 0 Å². The first-order chi connectivity index (χ1) is 6.77. The molecule has 14 heavy (non-hydrogen) atoms. The third-order valence-corrected chi connectivity index (χ3v) is 2.04. The molecule has 0 fully saturated rings. The fourth-order valence-corrected chi connectivity index (χ4v) is 1.31. The summed E-state index contributed by atoms with van der Waals surface area (Å²) in [5, 5.41) is 0. The standard InChI is InChI=1S/C11H10N2O/c1-13-7-4-10(8-13)11(14)9-2-5-12-6-3-9/h2-8H,1H3. The molecule has 2 aromatic heterocycles. The highest BCUT2D eigenvalue weighted by Crippen LogP contribution is 2.08. The van der Waals surface area contributed by atoms with Crippen LogP contribution >= 0.6 is 0 Å². The number of carbonyl (C=O) groups excluding carboxylic acids is 1. The van der Waals surface area contributed by atoms with E-state index < -0.39 is 0 Å². The van der Waals surface area contributed by atoms with Gasteiger partial charge in [-0.1, -0.05) is 0 Å². The van der Waals surface area contributed by atoms with Gasteiger partial charge in [0, 0.05) is 43.0 Å². The molecular weight excluding hydrogens is 176 g/mol. The number of pyridine rings is 1. The van der Waals surface area contributed by atoms with Crippen molar-refractivity contribution in [2.75, 3.05) is 0 Å². The average molecular weight is 186 g/mol. The fourth-order valence-electron chi connectivity index (χ4n) is 1.31. The summed E-state index contributed by atoms with van der Waals surface area (Å²) in [6, 6.07) is 5.24. The Labute approximate surface area is 82.0 Å². The third kappa shape index (κ3) is 1.57. The Morgan fingerprint density at radius 1 is 1.21 bits per heavy atom. The van der Waals surface area contributed by atoms with E-state index in [-0.39, 0.29) is 5.78 Å². The first-order valence-corrected chi connectivity index (χ1v) is 4.34. The van der Waals surface area contributed by atoms with E-state index in [9.17, 15) is 4.79 Å². The minimum absolute atomic E-state index is 0.0352. The van der Waals surface area contributed by atoms with Crippen LogP contribution in [0.2, 0.25) is 0 Å². The second-order valence-electron chi connectivity index (χ2n) is 3.13. The molecule has 0 N–H and O–H groups in total. The third-order valence-electron chi connectivity index (χ3n) is 2.04. The molecule has 3 nitrogen and oxygen atoms in total. The molecule has 2 heterocycles. The number of hydrogen-bond donors (Lipinski definition) is 0. The maximum Gasteiger partial charge on any atom is 0.194 e. The Bertz CT molecular complexity index is 445. The molecule has 0 aliphatic heterocycles. The fraction of sp³-hybridized carbons (Fsp3) is 0.0909. The van der Waals surface area contributed by atoms with Crippen molar-refractivity contribution in [3.05, 3.63) is 54.1 Å². The van der Waals surface area contributed by atoms with Gasteiger partial charge in [-0.15, -0.1) is 0 Å². The summed E-state index contributed by atoms with van der Waals surface area (Å²) in [5.74, 6) is 0.0352. The minimum Gasteiger partial charge on any atom is -0.357 e. The van der Waals surface area contributed by atoms with Crippen LogP contribution < -0.4 is 0 Å². The minimum atomic E-state index is 0.0352. The van der Waals surface area contributed by atoms with Crippen LogP contribution in [0, 0.1) is 0 Å². The van der Waals surface area contributed by atoms with Gasteiger partial charge in [0.25, 0.3) is 0 Å². The zero-order valence-electron chi connectivity index (χ0n) is 7.84. The number of carbonyl (C=O) groups is 1. The number of aryl methyl sites for hydroxylation is 1. The lowest BCUT2D eigenvalue weighted by Gasteiger charge is -1.96. The van der Waals surface area contributed by atoms with E-state index in [1.807, 2.05) is 30.1 Å². The van der Waals surface area contributed by atoms with E-state index in [1.54, 1.807) is 24.5 Å². The molecular formula is C11H10N2O. The van der Waals surface area contributed by atoms with E-state index in [1.165, 1.54) is 0 Å². The molecule has 0 aliphatic rings. The van der Waals surface area contributed by atoms with Gasteiger partial charge in [0.2, 0.25) is 0 Å². The Morgan fingerprint density at radius 2 is 1.93 bits per heavy atom. The van der Waals surface area contributed by atoms with Gasteiger partial charge in [-0.2, -0.15) is 0 Å². The molecule has 3 heteroatoms. The first-order valence-electron chi connectivity index (χ1n) is 4.34. The molecule has 0 amide bonds. The molecule has 2 rings (SSSR count).